The van der Waals surface area contributed by atoms with Crippen LogP contribution in [0.25, 0.3) is 6.08 Å². The summed E-state index contributed by atoms with van der Waals surface area (Å²) in [6, 6.07) is 13.0. The molecule has 3 rings (SSSR count). The van der Waals surface area contributed by atoms with Crippen molar-refractivity contribution in [1.29, 1.82) is 0 Å². The Morgan fingerprint density at radius 3 is 2.76 bits per heavy atom. The molecule has 0 aliphatic heterocycles. The molecule has 3 aromatic rings. The maximum atomic E-state index is 14.3. The number of pyridine rings is 1. The van der Waals surface area contributed by atoms with Crippen molar-refractivity contribution in [2.45, 2.75) is 6.54 Å². The van der Waals surface area contributed by atoms with Crippen LogP contribution in [-0.2, 0) is 11.3 Å². The summed E-state index contributed by atoms with van der Waals surface area (Å²) >= 11 is 5.97. The Morgan fingerprint density at radius 1 is 1.21 bits per heavy atom. The first-order valence-corrected chi connectivity index (χ1v) is 9.08. The highest BCUT2D eigenvalue weighted by Gasteiger charge is 2.07. The van der Waals surface area contributed by atoms with Gasteiger partial charge in [0.2, 0.25) is 5.91 Å². The van der Waals surface area contributed by atoms with Gasteiger partial charge >= 0.3 is 0 Å². The van der Waals surface area contributed by atoms with E-state index in [9.17, 15) is 9.18 Å². The minimum absolute atomic E-state index is 0.0843. The largest absolute Gasteiger partial charge is 0.496 e. The van der Waals surface area contributed by atoms with Gasteiger partial charge in [0, 0.05) is 29.4 Å². The van der Waals surface area contributed by atoms with E-state index in [-0.39, 0.29) is 18.2 Å². The highest BCUT2D eigenvalue weighted by Crippen LogP contribution is 2.25. The first-order chi connectivity index (χ1) is 14.0. The molecule has 0 saturated carbocycles. The van der Waals surface area contributed by atoms with Gasteiger partial charge in [-0.05, 0) is 54.1 Å². The minimum atomic E-state index is -0.528. The summed E-state index contributed by atoms with van der Waals surface area (Å²) in [5.41, 5.74) is 1.28. The summed E-state index contributed by atoms with van der Waals surface area (Å²) < 4.78 is 24.9. The maximum Gasteiger partial charge on any atom is 0.244 e. The molecular weight excluding hydrogens is 395 g/mol. The van der Waals surface area contributed by atoms with Gasteiger partial charge in [0.15, 0.2) is 11.6 Å². The first-order valence-electron chi connectivity index (χ1n) is 8.71. The molecule has 148 valence electrons. The molecule has 1 N–H and O–H groups in total. The van der Waals surface area contributed by atoms with Crippen LogP contribution in [0.2, 0.25) is 5.02 Å². The molecule has 0 spiro atoms. The Labute approximate surface area is 172 Å². The van der Waals surface area contributed by atoms with Crippen LogP contribution in [0.4, 0.5) is 4.39 Å². The standard InChI is InChI=1S/C22H18ClFN2O3/c1-28-20-8-6-17(23)12-16(20)5-9-22(27)26-13-15-4-7-21(19(24)11-15)29-18-3-2-10-25-14-18/h2-12,14H,13H2,1H3,(H,26,27)/b9-5+. The molecule has 0 radical (unpaired) electrons. The zero-order valence-electron chi connectivity index (χ0n) is 15.6. The van der Waals surface area contributed by atoms with Gasteiger partial charge in [-0.1, -0.05) is 17.7 Å². The Kier molecular flexibility index (Phi) is 6.81. The Balaban J connectivity index is 1.59. The lowest BCUT2D eigenvalue weighted by molar-refractivity contribution is -0.116. The maximum absolute atomic E-state index is 14.3. The summed E-state index contributed by atoms with van der Waals surface area (Å²) in [6.45, 7) is 0.167. The molecule has 7 heteroatoms. The van der Waals surface area contributed by atoms with Crippen molar-refractivity contribution in [3.05, 3.63) is 89.0 Å². The lowest BCUT2D eigenvalue weighted by Crippen LogP contribution is -2.20. The topological polar surface area (TPSA) is 60.5 Å². The van der Waals surface area contributed by atoms with Gasteiger partial charge in [0.05, 0.1) is 13.3 Å². The highest BCUT2D eigenvalue weighted by atomic mass is 35.5. The van der Waals surface area contributed by atoms with E-state index in [0.717, 1.165) is 0 Å². The fourth-order valence-corrected chi connectivity index (χ4v) is 2.70. The van der Waals surface area contributed by atoms with E-state index in [1.165, 1.54) is 31.5 Å². The molecule has 0 bridgehead atoms. The van der Waals surface area contributed by atoms with Crippen LogP contribution in [-0.4, -0.2) is 18.0 Å². The number of carbonyl (C=O) groups excluding carboxylic acids is 1. The molecular formula is C22H18ClFN2O3. The van der Waals surface area contributed by atoms with Crippen molar-refractivity contribution in [2.24, 2.45) is 0 Å². The number of hydrogen-bond donors (Lipinski definition) is 1. The summed E-state index contributed by atoms with van der Waals surface area (Å²) in [4.78, 5) is 16.0. The van der Waals surface area contributed by atoms with E-state index < -0.39 is 5.82 Å². The number of ether oxygens (including phenoxy) is 2. The minimum Gasteiger partial charge on any atom is -0.496 e. The van der Waals surface area contributed by atoms with Crippen LogP contribution in [0.1, 0.15) is 11.1 Å². The van der Waals surface area contributed by atoms with Crippen LogP contribution in [0.15, 0.2) is 67.0 Å². The summed E-state index contributed by atoms with van der Waals surface area (Å²) in [6.07, 6.45) is 6.07. The third-order valence-electron chi connectivity index (χ3n) is 3.93. The van der Waals surface area contributed by atoms with Gasteiger partial charge in [-0.3, -0.25) is 9.78 Å². The smallest absolute Gasteiger partial charge is 0.244 e. The average Bonchev–Trinajstić information content (AvgIpc) is 2.73. The zero-order valence-corrected chi connectivity index (χ0v) is 16.3. The molecule has 1 aromatic heterocycles. The van der Waals surface area contributed by atoms with E-state index >= 15 is 0 Å². The van der Waals surface area contributed by atoms with Crippen molar-refractivity contribution in [1.82, 2.24) is 10.3 Å². The van der Waals surface area contributed by atoms with Crippen LogP contribution in [0.3, 0.4) is 0 Å². The monoisotopic (exact) mass is 412 g/mol. The number of rotatable bonds is 7. The molecule has 0 atom stereocenters. The Morgan fingerprint density at radius 2 is 2.03 bits per heavy atom. The molecule has 0 aliphatic rings. The number of aromatic nitrogens is 1. The number of nitrogens with zero attached hydrogens (tertiary/aromatic N) is 1. The van der Waals surface area contributed by atoms with Crippen LogP contribution >= 0.6 is 11.6 Å². The molecule has 1 amide bonds. The molecule has 0 saturated heterocycles. The molecule has 0 aliphatic carbocycles. The van der Waals surface area contributed by atoms with Crippen LogP contribution in [0.5, 0.6) is 17.2 Å². The van der Waals surface area contributed by atoms with Gasteiger partial charge in [-0.2, -0.15) is 0 Å². The molecule has 2 aromatic carbocycles. The van der Waals surface area contributed by atoms with Gasteiger partial charge in [-0.25, -0.2) is 4.39 Å². The second-order valence-electron chi connectivity index (χ2n) is 5.99. The molecule has 5 nitrogen and oxygen atoms in total. The van der Waals surface area contributed by atoms with Crippen molar-refractivity contribution >= 4 is 23.6 Å². The SMILES string of the molecule is COc1ccc(Cl)cc1/C=C/C(=O)NCc1ccc(Oc2cccnc2)c(F)c1. The third kappa shape index (κ3) is 5.80. The number of methoxy groups -OCH3 is 1. The lowest BCUT2D eigenvalue weighted by Gasteiger charge is -2.08. The van der Waals surface area contributed by atoms with E-state index in [1.54, 1.807) is 48.7 Å². The third-order valence-corrected chi connectivity index (χ3v) is 4.17. The molecule has 0 unspecified atom stereocenters. The number of nitrogens with one attached hydrogen (secondary N) is 1. The molecule has 29 heavy (non-hydrogen) atoms. The lowest BCUT2D eigenvalue weighted by atomic mass is 10.2. The van der Waals surface area contributed by atoms with E-state index in [4.69, 9.17) is 21.1 Å². The van der Waals surface area contributed by atoms with Crippen molar-refractivity contribution in [2.75, 3.05) is 7.11 Å². The zero-order chi connectivity index (χ0) is 20.6. The number of carbonyl (C=O) groups is 1. The highest BCUT2D eigenvalue weighted by molar-refractivity contribution is 6.30. The van der Waals surface area contributed by atoms with Gasteiger partial charge in [-0.15, -0.1) is 0 Å². The van der Waals surface area contributed by atoms with E-state index in [0.29, 0.717) is 27.6 Å². The van der Waals surface area contributed by atoms with Gasteiger partial charge in [0.25, 0.3) is 0 Å². The average molecular weight is 413 g/mol. The predicted octanol–water partition coefficient (Wildman–Crippen LogP) is 5.00. The van der Waals surface area contributed by atoms with Crippen molar-refractivity contribution < 1.29 is 18.7 Å². The first kappa shape index (κ1) is 20.4. The molecule has 0 fully saturated rings. The number of benzene rings is 2. The van der Waals surface area contributed by atoms with Gasteiger partial charge < -0.3 is 14.8 Å². The van der Waals surface area contributed by atoms with Gasteiger partial charge in [0.1, 0.15) is 11.5 Å². The predicted molar refractivity (Wildman–Crippen MR) is 110 cm³/mol. The number of amides is 1. The quantitative estimate of drug-likeness (QED) is 0.554. The number of hydrogen-bond acceptors (Lipinski definition) is 4. The fourth-order valence-electron chi connectivity index (χ4n) is 2.52. The van der Waals surface area contributed by atoms with Crippen LogP contribution in [0, 0.1) is 5.82 Å². The normalized spacial score (nSPS) is 10.7. The van der Waals surface area contributed by atoms with Crippen molar-refractivity contribution in [3.63, 3.8) is 0 Å². The van der Waals surface area contributed by atoms with Crippen LogP contribution < -0.4 is 14.8 Å². The summed E-state index contributed by atoms with van der Waals surface area (Å²) in [5.74, 6) is 0.266. The second kappa shape index (κ2) is 9.71. The Hall–Kier alpha value is -3.38. The fraction of sp³-hybridized carbons (Fsp3) is 0.0909. The van der Waals surface area contributed by atoms with E-state index in [1.807, 2.05) is 0 Å². The summed E-state index contributed by atoms with van der Waals surface area (Å²) in [5, 5.41) is 3.24. The summed E-state index contributed by atoms with van der Waals surface area (Å²) in [7, 11) is 1.54. The molecule has 1 heterocycles. The number of halogens is 2. The van der Waals surface area contributed by atoms with Crippen molar-refractivity contribution in [3.8, 4) is 17.2 Å². The Bertz CT molecular complexity index is 1030. The van der Waals surface area contributed by atoms with E-state index in [2.05, 4.69) is 10.3 Å². The second-order valence-corrected chi connectivity index (χ2v) is 6.43.